The highest BCUT2D eigenvalue weighted by molar-refractivity contribution is 6.31. The highest BCUT2D eigenvalue weighted by Gasteiger charge is 2.36. The topological polar surface area (TPSA) is 94.1 Å². The van der Waals surface area contributed by atoms with E-state index in [1.165, 1.54) is 18.2 Å². The van der Waals surface area contributed by atoms with Crippen LogP contribution in [0.15, 0.2) is 54.7 Å². The molecule has 3 aromatic carbocycles. The minimum absolute atomic E-state index is 0.0199. The van der Waals surface area contributed by atoms with Crippen molar-refractivity contribution >= 4 is 40.9 Å². The lowest BCUT2D eigenvalue weighted by atomic mass is 9.92. The summed E-state index contributed by atoms with van der Waals surface area (Å²) in [6.07, 6.45) is -3.51. The van der Waals surface area contributed by atoms with Gasteiger partial charge in [0, 0.05) is 51.0 Å². The van der Waals surface area contributed by atoms with E-state index in [4.69, 9.17) is 17.0 Å². The van der Waals surface area contributed by atoms with Gasteiger partial charge in [-0.2, -0.15) is 22.0 Å². The van der Waals surface area contributed by atoms with Gasteiger partial charge >= 0.3 is 12.7 Å². The predicted molar refractivity (Wildman–Crippen MR) is 132 cm³/mol. The summed E-state index contributed by atoms with van der Waals surface area (Å²) in [5, 5.41) is 14.2. The number of benzene rings is 3. The largest absolute Gasteiger partial charge is 0.416 e. The number of anilines is 1. The molecule has 4 rings (SSSR count). The lowest BCUT2D eigenvalue weighted by molar-refractivity contribution is -0.137. The van der Waals surface area contributed by atoms with Crippen LogP contribution in [-0.2, 0) is 6.18 Å². The maximum Gasteiger partial charge on any atom is 0.416 e. The third-order valence-corrected chi connectivity index (χ3v) is 6.19. The maximum absolute atomic E-state index is 14.1. The Labute approximate surface area is 226 Å². The quantitative estimate of drug-likeness (QED) is 0.145. The zero-order chi connectivity index (χ0) is 29.4. The number of carbonyl (C=O) groups is 2. The van der Waals surface area contributed by atoms with Gasteiger partial charge in [-0.15, -0.1) is 0 Å². The lowest BCUT2D eigenvalue weighted by Gasteiger charge is -2.19. The lowest BCUT2D eigenvalue weighted by Crippen LogP contribution is -2.21. The molecule has 0 aliphatic carbocycles. The monoisotopic (exact) mass is 584 g/mol. The molecule has 0 saturated carbocycles. The van der Waals surface area contributed by atoms with Gasteiger partial charge in [0.25, 0.3) is 11.8 Å². The molecule has 4 N–H and O–H groups in total. The Kier molecular flexibility index (Phi) is 7.87. The molecule has 208 valence electrons. The van der Waals surface area contributed by atoms with Gasteiger partial charge in [-0.05, 0) is 54.1 Å². The molecule has 1 atom stereocenters. The van der Waals surface area contributed by atoms with Gasteiger partial charge in [0.05, 0.1) is 11.6 Å². The molecule has 0 bridgehead atoms. The second kappa shape index (κ2) is 11.0. The number of halogens is 8. The fraction of sp³-hybridized carbons (Fsp3) is 0.115. The molecule has 0 radical (unpaired) electrons. The van der Waals surface area contributed by atoms with E-state index < -0.39 is 53.3 Å². The molecule has 1 aliphatic rings. The SMILES string of the molecule is N=C/C(=C\NC(F)F)c1cc(NC(=O)c2cc(F)cc(C(F)(F)F)c2)c2c(c1)C(=O)NC2c1cc(F)ccc1Cl. The molecule has 1 aliphatic heterocycles. The van der Waals surface area contributed by atoms with Crippen molar-refractivity contribution < 1.29 is 40.3 Å². The average Bonchev–Trinajstić information content (AvgIpc) is 3.21. The first-order valence-electron chi connectivity index (χ1n) is 11.2. The fourth-order valence-electron chi connectivity index (χ4n) is 4.11. The van der Waals surface area contributed by atoms with Crippen LogP contribution in [0, 0.1) is 17.0 Å². The number of amides is 2. The van der Waals surface area contributed by atoms with Gasteiger partial charge in [-0.25, -0.2) is 8.78 Å². The van der Waals surface area contributed by atoms with Crippen molar-refractivity contribution in [3.63, 3.8) is 0 Å². The molecule has 1 heterocycles. The van der Waals surface area contributed by atoms with Crippen molar-refractivity contribution in [1.29, 1.82) is 5.41 Å². The number of hydrogen-bond donors (Lipinski definition) is 4. The van der Waals surface area contributed by atoms with Crippen molar-refractivity contribution in [2.45, 2.75) is 18.8 Å². The molecule has 14 heteroatoms. The molecule has 3 aromatic rings. The number of rotatable bonds is 7. The van der Waals surface area contributed by atoms with Crippen LogP contribution in [0.1, 0.15) is 49.0 Å². The van der Waals surface area contributed by atoms with E-state index in [2.05, 4.69) is 10.6 Å². The first-order chi connectivity index (χ1) is 18.8. The number of carbonyl (C=O) groups excluding carboxylic acids is 2. The molecule has 0 spiro atoms. The van der Waals surface area contributed by atoms with Crippen LogP contribution in [0.4, 0.5) is 36.4 Å². The smallest absolute Gasteiger partial charge is 0.341 e. The number of fused-ring (bicyclic) bond motifs is 1. The number of nitrogens with one attached hydrogen (secondary N) is 4. The molecule has 6 nitrogen and oxygen atoms in total. The predicted octanol–water partition coefficient (Wildman–Crippen LogP) is 6.52. The summed E-state index contributed by atoms with van der Waals surface area (Å²) in [6, 6.07) is 5.74. The minimum Gasteiger partial charge on any atom is -0.341 e. The second-order valence-corrected chi connectivity index (χ2v) is 8.86. The highest BCUT2D eigenvalue weighted by atomic mass is 35.5. The van der Waals surface area contributed by atoms with Crippen molar-refractivity contribution in [1.82, 2.24) is 10.6 Å². The van der Waals surface area contributed by atoms with E-state index in [-0.39, 0.29) is 44.6 Å². The Morgan fingerprint density at radius 1 is 1.02 bits per heavy atom. The molecule has 1 unspecified atom stereocenters. The van der Waals surface area contributed by atoms with E-state index >= 15 is 0 Å². The fourth-order valence-corrected chi connectivity index (χ4v) is 4.34. The van der Waals surface area contributed by atoms with Crippen molar-refractivity contribution in [3.05, 3.63) is 105 Å². The minimum atomic E-state index is -4.96. The summed E-state index contributed by atoms with van der Waals surface area (Å²) in [6.45, 7) is -3.00. The van der Waals surface area contributed by atoms with Gasteiger partial charge in [-0.3, -0.25) is 9.59 Å². The van der Waals surface area contributed by atoms with Crippen LogP contribution < -0.4 is 16.0 Å². The Morgan fingerprint density at radius 3 is 2.40 bits per heavy atom. The third-order valence-electron chi connectivity index (χ3n) is 5.85. The number of alkyl halides is 5. The number of hydrogen-bond acceptors (Lipinski definition) is 4. The summed E-state index contributed by atoms with van der Waals surface area (Å²) in [4.78, 5) is 26.0. The molecular formula is C26H16ClF7N4O2. The Bertz CT molecular complexity index is 1560. The van der Waals surface area contributed by atoms with Crippen molar-refractivity contribution in [2.24, 2.45) is 0 Å². The zero-order valence-electron chi connectivity index (χ0n) is 19.8. The van der Waals surface area contributed by atoms with Crippen LogP contribution in [-0.4, -0.2) is 24.6 Å². The van der Waals surface area contributed by atoms with E-state index in [1.807, 2.05) is 0 Å². The zero-order valence-corrected chi connectivity index (χ0v) is 20.5. The van der Waals surface area contributed by atoms with Crippen LogP contribution >= 0.6 is 11.6 Å². The van der Waals surface area contributed by atoms with Crippen LogP contribution in [0.5, 0.6) is 0 Å². The molecule has 2 amide bonds. The van der Waals surface area contributed by atoms with Crippen molar-refractivity contribution in [2.75, 3.05) is 5.32 Å². The summed E-state index contributed by atoms with van der Waals surface area (Å²) in [5.41, 5.74) is -2.58. The summed E-state index contributed by atoms with van der Waals surface area (Å²) in [5.74, 6) is -4.00. The molecule has 0 saturated heterocycles. The summed E-state index contributed by atoms with van der Waals surface area (Å²) < 4.78 is 93.1. The second-order valence-electron chi connectivity index (χ2n) is 8.45. The maximum atomic E-state index is 14.1. The third kappa shape index (κ3) is 5.93. The van der Waals surface area contributed by atoms with Gasteiger partial charge in [0.15, 0.2) is 0 Å². The molecular weight excluding hydrogens is 569 g/mol. The van der Waals surface area contributed by atoms with Crippen LogP contribution in [0.3, 0.4) is 0 Å². The molecule has 40 heavy (non-hydrogen) atoms. The van der Waals surface area contributed by atoms with Gasteiger partial charge < -0.3 is 21.4 Å². The van der Waals surface area contributed by atoms with Crippen LogP contribution in [0.2, 0.25) is 5.02 Å². The average molecular weight is 585 g/mol. The number of allylic oxidation sites excluding steroid dienone is 1. The summed E-state index contributed by atoms with van der Waals surface area (Å²) in [7, 11) is 0. The Balaban J connectivity index is 1.89. The van der Waals surface area contributed by atoms with E-state index in [1.54, 1.807) is 5.32 Å². The van der Waals surface area contributed by atoms with Gasteiger partial charge in [-0.1, -0.05) is 11.6 Å². The molecule has 0 aromatic heterocycles. The Hall–Kier alpha value is -4.39. The normalized spacial score (nSPS) is 15.1. The van der Waals surface area contributed by atoms with Gasteiger partial charge in [0.2, 0.25) is 0 Å². The molecule has 0 fully saturated rings. The summed E-state index contributed by atoms with van der Waals surface area (Å²) >= 11 is 6.23. The van der Waals surface area contributed by atoms with E-state index in [0.717, 1.165) is 18.3 Å². The van der Waals surface area contributed by atoms with Gasteiger partial charge in [0.1, 0.15) is 11.6 Å². The van der Waals surface area contributed by atoms with E-state index in [0.29, 0.717) is 18.3 Å². The van der Waals surface area contributed by atoms with Crippen LogP contribution in [0.25, 0.3) is 5.57 Å². The van der Waals surface area contributed by atoms with E-state index in [9.17, 15) is 40.3 Å². The Morgan fingerprint density at radius 2 is 1.75 bits per heavy atom. The first-order valence-corrected chi connectivity index (χ1v) is 11.5. The first kappa shape index (κ1) is 28.6. The highest BCUT2D eigenvalue weighted by Crippen LogP contribution is 2.41. The standard InChI is InChI=1S/C26H16ClF7N4O2/c27-19-2-1-15(28)8-17(19)22-21-18(24(40)38-22)5-11(13(9-35)10-36-25(30)31)6-20(21)37-23(39)12-3-14(26(32,33)34)7-16(29)4-12/h1-10,22,25,35-36H,(H,37,39)(H,38,40)/b13-10+,35-9?. The van der Waals surface area contributed by atoms with Crippen molar-refractivity contribution in [3.8, 4) is 0 Å².